The van der Waals surface area contributed by atoms with Crippen molar-refractivity contribution in [2.24, 2.45) is 0 Å². The van der Waals surface area contributed by atoms with E-state index in [1.165, 1.54) is 18.2 Å². The average Bonchev–Trinajstić information content (AvgIpc) is 2.48. The van der Waals surface area contributed by atoms with Crippen LogP contribution in [0.2, 0.25) is 5.02 Å². The third-order valence-electron chi connectivity index (χ3n) is 3.12. The first kappa shape index (κ1) is 17.6. The highest BCUT2D eigenvalue weighted by atomic mass is 35.5. The predicted molar refractivity (Wildman–Crippen MR) is 92.0 cm³/mol. The van der Waals surface area contributed by atoms with E-state index in [2.05, 4.69) is 17.4 Å². The minimum Gasteiger partial charge on any atom is -0.273 e. The van der Waals surface area contributed by atoms with Gasteiger partial charge in [-0.15, -0.1) is 12.6 Å². The number of halogens is 1. The molecule has 0 aliphatic rings. The fourth-order valence-electron chi connectivity index (χ4n) is 2.05. The third-order valence-corrected chi connectivity index (χ3v) is 5.09. The van der Waals surface area contributed by atoms with Crippen LogP contribution in [0.1, 0.15) is 12.5 Å². The molecule has 0 atom stereocenters. The summed E-state index contributed by atoms with van der Waals surface area (Å²) in [5, 5.41) is 11.2. The highest BCUT2D eigenvalue weighted by Crippen LogP contribution is 2.30. The van der Waals surface area contributed by atoms with Crippen molar-refractivity contribution in [1.82, 2.24) is 0 Å². The molecule has 0 aromatic heterocycles. The van der Waals surface area contributed by atoms with Gasteiger partial charge < -0.3 is 0 Å². The molecule has 0 bridgehead atoms. The van der Waals surface area contributed by atoms with E-state index in [0.29, 0.717) is 16.9 Å². The van der Waals surface area contributed by atoms with Crippen LogP contribution in [0.25, 0.3) is 0 Å². The monoisotopic (exact) mass is 372 g/mol. The van der Waals surface area contributed by atoms with Crippen LogP contribution < -0.4 is 4.72 Å². The lowest BCUT2D eigenvalue weighted by Gasteiger charge is -2.12. The maximum absolute atomic E-state index is 12.6. The third kappa shape index (κ3) is 3.95. The van der Waals surface area contributed by atoms with Crippen LogP contribution in [0.15, 0.2) is 46.2 Å². The molecule has 9 heteroatoms. The van der Waals surface area contributed by atoms with Gasteiger partial charge in [-0.3, -0.25) is 14.8 Å². The Balaban J connectivity index is 2.50. The van der Waals surface area contributed by atoms with Gasteiger partial charge in [0.25, 0.3) is 15.7 Å². The van der Waals surface area contributed by atoms with Crippen LogP contribution in [0.4, 0.5) is 11.4 Å². The van der Waals surface area contributed by atoms with Gasteiger partial charge in [0.15, 0.2) is 0 Å². The van der Waals surface area contributed by atoms with E-state index >= 15 is 0 Å². The molecule has 0 saturated heterocycles. The number of rotatable bonds is 5. The number of nitro benzene ring substituents is 1. The van der Waals surface area contributed by atoms with E-state index in [1.807, 2.05) is 6.92 Å². The molecule has 1 N–H and O–H groups in total. The summed E-state index contributed by atoms with van der Waals surface area (Å²) in [4.78, 5) is 11.1. The second-order valence-corrected chi connectivity index (χ2v) is 7.27. The Hall–Kier alpha value is -1.77. The zero-order valence-corrected chi connectivity index (χ0v) is 14.5. The topological polar surface area (TPSA) is 89.3 Å². The average molecular weight is 373 g/mol. The number of sulfonamides is 1. The van der Waals surface area contributed by atoms with Crippen molar-refractivity contribution in [3.8, 4) is 0 Å². The molecule has 23 heavy (non-hydrogen) atoms. The van der Waals surface area contributed by atoms with E-state index < -0.39 is 20.6 Å². The van der Waals surface area contributed by atoms with Crippen molar-refractivity contribution in [2.45, 2.75) is 23.1 Å². The number of benzene rings is 2. The van der Waals surface area contributed by atoms with Gasteiger partial charge in [-0.25, -0.2) is 8.42 Å². The molecule has 2 rings (SSSR count). The van der Waals surface area contributed by atoms with Crippen LogP contribution in [-0.2, 0) is 16.4 Å². The summed E-state index contributed by atoms with van der Waals surface area (Å²) in [6.07, 6.45) is 0.480. The molecule has 2 aromatic carbocycles. The molecule has 0 unspecified atom stereocenters. The molecule has 0 heterocycles. The van der Waals surface area contributed by atoms with E-state index in [1.54, 1.807) is 12.1 Å². The van der Waals surface area contributed by atoms with Gasteiger partial charge >= 0.3 is 0 Å². The molecule has 0 fully saturated rings. The van der Waals surface area contributed by atoms with Crippen molar-refractivity contribution >= 4 is 45.6 Å². The summed E-state index contributed by atoms with van der Waals surface area (Å²) in [6, 6.07) is 8.35. The minimum atomic E-state index is -3.97. The number of aryl methyl sites for hydroxylation is 1. The SMILES string of the molecule is CCc1cc(S)ccc1S(=O)(=O)Nc1ccc(Cl)cc1[N+](=O)[O-]. The Morgan fingerprint density at radius 2 is 1.96 bits per heavy atom. The molecule has 122 valence electrons. The van der Waals surface area contributed by atoms with E-state index in [4.69, 9.17) is 11.6 Å². The Morgan fingerprint density at radius 3 is 2.57 bits per heavy atom. The van der Waals surface area contributed by atoms with Crippen LogP contribution in [-0.4, -0.2) is 13.3 Å². The lowest BCUT2D eigenvalue weighted by atomic mass is 10.2. The van der Waals surface area contributed by atoms with Crippen molar-refractivity contribution in [3.63, 3.8) is 0 Å². The first-order valence-electron chi connectivity index (χ1n) is 6.53. The number of thiol groups is 1. The first-order valence-corrected chi connectivity index (χ1v) is 8.84. The van der Waals surface area contributed by atoms with Crippen LogP contribution in [0, 0.1) is 10.1 Å². The van der Waals surface area contributed by atoms with E-state index in [9.17, 15) is 18.5 Å². The summed E-state index contributed by atoms with van der Waals surface area (Å²) in [7, 11) is -3.97. The summed E-state index contributed by atoms with van der Waals surface area (Å²) in [6.45, 7) is 1.81. The molecule has 0 aliphatic carbocycles. The molecule has 0 aliphatic heterocycles. The summed E-state index contributed by atoms with van der Waals surface area (Å²) in [5.74, 6) is 0. The second-order valence-electron chi connectivity index (χ2n) is 4.67. The van der Waals surface area contributed by atoms with Gasteiger partial charge in [0.05, 0.1) is 9.82 Å². The van der Waals surface area contributed by atoms with Crippen LogP contribution in [0.3, 0.4) is 0 Å². The van der Waals surface area contributed by atoms with Gasteiger partial charge in [-0.2, -0.15) is 0 Å². The van der Waals surface area contributed by atoms with Gasteiger partial charge in [0.2, 0.25) is 0 Å². The number of nitrogens with zero attached hydrogens (tertiary/aromatic N) is 1. The first-order chi connectivity index (χ1) is 10.7. The Morgan fingerprint density at radius 1 is 1.26 bits per heavy atom. The minimum absolute atomic E-state index is 0.0575. The van der Waals surface area contributed by atoms with Crippen molar-refractivity contribution in [1.29, 1.82) is 0 Å². The highest BCUT2D eigenvalue weighted by Gasteiger charge is 2.23. The quantitative estimate of drug-likeness (QED) is 0.473. The molecule has 2 aromatic rings. The van der Waals surface area contributed by atoms with Crippen molar-refractivity contribution in [2.75, 3.05) is 4.72 Å². The van der Waals surface area contributed by atoms with Crippen molar-refractivity contribution in [3.05, 3.63) is 57.1 Å². The summed E-state index contributed by atoms with van der Waals surface area (Å²) in [5.41, 5.74) is 0.0166. The van der Waals surface area contributed by atoms with Gasteiger partial charge in [0, 0.05) is 16.0 Å². The standard InChI is InChI=1S/C14H13ClN2O4S2/c1-2-9-7-11(22)4-6-14(9)23(20,21)16-12-5-3-10(15)8-13(12)17(18)19/h3-8,16,22H,2H2,1H3. The molecule has 0 amide bonds. The van der Waals surface area contributed by atoms with Gasteiger partial charge in [-0.1, -0.05) is 18.5 Å². The lowest BCUT2D eigenvalue weighted by molar-refractivity contribution is -0.383. The maximum Gasteiger partial charge on any atom is 0.294 e. The van der Waals surface area contributed by atoms with E-state index in [0.717, 1.165) is 6.07 Å². The number of nitrogens with one attached hydrogen (secondary N) is 1. The fourth-order valence-corrected chi connectivity index (χ4v) is 3.81. The smallest absolute Gasteiger partial charge is 0.273 e. The van der Waals surface area contributed by atoms with Crippen molar-refractivity contribution < 1.29 is 13.3 Å². The number of anilines is 1. The van der Waals surface area contributed by atoms with Gasteiger partial charge in [0.1, 0.15) is 5.69 Å². The Labute approximate surface area is 144 Å². The maximum atomic E-state index is 12.6. The zero-order valence-electron chi connectivity index (χ0n) is 12.0. The lowest BCUT2D eigenvalue weighted by Crippen LogP contribution is -2.16. The van der Waals surface area contributed by atoms with Gasteiger partial charge in [-0.05, 0) is 42.3 Å². The Bertz CT molecular complexity index is 869. The van der Waals surface area contributed by atoms with E-state index in [-0.39, 0.29) is 15.6 Å². The molecule has 0 saturated carbocycles. The van der Waals surface area contributed by atoms with Crippen LogP contribution >= 0.6 is 24.2 Å². The predicted octanol–water partition coefficient (Wildman–Crippen LogP) is 3.90. The summed E-state index contributed by atoms with van der Waals surface area (Å²) >= 11 is 9.91. The summed E-state index contributed by atoms with van der Waals surface area (Å²) < 4.78 is 27.4. The molecule has 6 nitrogen and oxygen atoms in total. The van der Waals surface area contributed by atoms with Crippen LogP contribution in [0.5, 0.6) is 0 Å². The Kier molecular flexibility index (Phi) is 5.18. The molecular weight excluding hydrogens is 360 g/mol. The highest BCUT2D eigenvalue weighted by molar-refractivity contribution is 7.92. The molecular formula is C14H13ClN2O4S2. The fraction of sp³-hybridized carbons (Fsp3) is 0.143. The number of nitro groups is 1. The molecule has 0 spiro atoms. The number of hydrogen-bond donors (Lipinski definition) is 2. The largest absolute Gasteiger partial charge is 0.294 e. The number of hydrogen-bond acceptors (Lipinski definition) is 5. The molecule has 0 radical (unpaired) electrons. The second kappa shape index (κ2) is 6.77. The zero-order chi connectivity index (χ0) is 17.2. The normalized spacial score (nSPS) is 11.3.